The van der Waals surface area contributed by atoms with Gasteiger partial charge in [0.2, 0.25) is 0 Å². The molecule has 6 heteroatoms. The zero-order valence-corrected chi connectivity index (χ0v) is 8.69. The van der Waals surface area contributed by atoms with E-state index in [4.69, 9.17) is 5.11 Å². The van der Waals surface area contributed by atoms with Gasteiger partial charge in [-0.3, -0.25) is 4.79 Å². The van der Waals surface area contributed by atoms with Crippen molar-refractivity contribution in [3.63, 3.8) is 0 Å². The minimum atomic E-state index is -0.867. The summed E-state index contributed by atoms with van der Waals surface area (Å²) >= 11 is 0. The van der Waals surface area contributed by atoms with Crippen molar-refractivity contribution in [1.29, 1.82) is 0 Å². The summed E-state index contributed by atoms with van der Waals surface area (Å²) in [6.45, 7) is 0.339. The average Bonchev–Trinajstić information content (AvgIpc) is 2.10. The van der Waals surface area contributed by atoms with Crippen LogP contribution in [0.1, 0.15) is 12.8 Å². The van der Waals surface area contributed by atoms with Crippen LogP contribution in [0.5, 0.6) is 0 Å². The molecule has 0 saturated carbocycles. The Hall–Kier alpha value is -1.30. The number of carboxylic acid groups (broad SMARTS) is 1. The third-order valence-corrected chi connectivity index (χ3v) is 1.63. The topological polar surface area (TPSA) is 70.1 Å². The van der Waals surface area contributed by atoms with Crippen LogP contribution < -0.4 is 0 Å². The summed E-state index contributed by atoms with van der Waals surface area (Å²) < 4.78 is 4.53. The minimum absolute atomic E-state index is 0.0430. The summed E-state index contributed by atoms with van der Waals surface area (Å²) in [4.78, 5) is 21.4. The fraction of sp³-hybridized carbons (Fsp3) is 0.750. The summed E-state index contributed by atoms with van der Waals surface area (Å²) in [6, 6.07) is 0. The van der Waals surface area contributed by atoms with Gasteiger partial charge in [0.15, 0.2) is 0 Å². The van der Waals surface area contributed by atoms with Crippen LogP contribution in [0.3, 0.4) is 0 Å². The van der Waals surface area contributed by atoms with Crippen molar-refractivity contribution in [1.82, 2.24) is 10.0 Å². The van der Waals surface area contributed by atoms with Crippen LogP contribution >= 0.6 is 0 Å². The van der Waals surface area contributed by atoms with Gasteiger partial charge in [0, 0.05) is 27.1 Å². The minimum Gasteiger partial charge on any atom is -0.481 e. The highest BCUT2D eigenvalue weighted by molar-refractivity contribution is 5.68. The monoisotopic (exact) mass is 204 g/mol. The maximum Gasteiger partial charge on any atom is 0.424 e. The standard InChI is InChI=1S/C8H16N2O4/c1-9(2)10(8(13)14-3)6-4-5-7(11)12/h4-6H2,1-3H3,(H,11,12). The highest BCUT2D eigenvalue weighted by atomic mass is 16.5. The second-order valence-electron chi connectivity index (χ2n) is 2.94. The number of ether oxygens (including phenoxy) is 1. The lowest BCUT2D eigenvalue weighted by atomic mass is 10.3. The van der Waals surface area contributed by atoms with E-state index in [-0.39, 0.29) is 6.42 Å². The number of hydrogen-bond acceptors (Lipinski definition) is 4. The number of carboxylic acids is 1. The van der Waals surface area contributed by atoms with Crippen molar-refractivity contribution in [2.75, 3.05) is 27.7 Å². The van der Waals surface area contributed by atoms with Crippen molar-refractivity contribution in [2.24, 2.45) is 0 Å². The number of rotatable bonds is 5. The molecule has 0 heterocycles. The first-order chi connectivity index (χ1) is 6.49. The fourth-order valence-corrected chi connectivity index (χ4v) is 0.940. The summed E-state index contributed by atoms with van der Waals surface area (Å²) in [5.41, 5.74) is 0. The lowest BCUT2D eigenvalue weighted by Gasteiger charge is -2.26. The first kappa shape index (κ1) is 12.7. The normalized spacial score (nSPS) is 10.0. The molecule has 1 N–H and O–H groups in total. The van der Waals surface area contributed by atoms with Gasteiger partial charge in [0.1, 0.15) is 0 Å². The molecule has 6 nitrogen and oxygen atoms in total. The first-order valence-corrected chi connectivity index (χ1v) is 4.23. The van der Waals surface area contributed by atoms with Crippen LogP contribution in [-0.4, -0.2) is 54.9 Å². The van der Waals surface area contributed by atoms with Crippen LogP contribution in [0.2, 0.25) is 0 Å². The molecule has 0 aromatic rings. The van der Waals surface area contributed by atoms with Crippen molar-refractivity contribution in [3.05, 3.63) is 0 Å². The Bertz CT molecular complexity index is 206. The van der Waals surface area contributed by atoms with Gasteiger partial charge in [-0.05, 0) is 6.42 Å². The molecular formula is C8H16N2O4. The molecule has 0 atom stereocenters. The molecule has 0 fully saturated rings. The fourth-order valence-electron chi connectivity index (χ4n) is 0.940. The maximum atomic E-state index is 11.1. The number of carbonyl (C=O) groups is 2. The van der Waals surface area contributed by atoms with Crippen molar-refractivity contribution >= 4 is 12.1 Å². The number of aliphatic carboxylic acids is 1. The molecular weight excluding hydrogens is 188 g/mol. The van der Waals surface area contributed by atoms with E-state index in [1.807, 2.05) is 0 Å². The van der Waals surface area contributed by atoms with E-state index in [0.29, 0.717) is 13.0 Å². The molecule has 14 heavy (non-hydrogen) atoms. The maximum absolute atomic E-state index is 11.1. The van der Waals surface area contributed by atoms with Crippen LogP contribution in [-0.2, 0) is 9.53 Å². The number of hydrogen-bond donors (Lipinski definition) is 1. The molecule has 0 unspecified atom stereocenters. The van der Waals surface area contributed by atoms with E-state index in [9.17, 15) is 9.59 Å². The second-order valence-corrected chi connectivity index (χ2v) is 2.94. The Morgan fingerprint density at radius 3 is 2.29 bits per heavy atom. The van der Waals surface area contributed by atoms with Crippen molar-refractivity contribution in [3.8, 4) is 0 Å². The number of nitrogens with zero attached hydrogens (tertiary/aromatic N) is 2. The van der Waals surface area contributed by atoms with E-state index in [1.165, 1.54) is 12.1 Å². The molecule has 0 aliphatic rings. The highest BCUT2D eigenvalue weighted by Gasteiger charge is 2.15. The largest absolute Gasteiger partial charge is 0.481 e. The molecule has 0 aliphatic carbocycles. The average molecular weight is 204 g/mol. The molecule has 1 amide bonds. The van der Waals surface area contributed by atoms with Crippen LogP contribution in [0, 0.1) is 0 Å². The van der Waals surface area contributed by atoms with Gasteiger partial charge < -0.3 is 9.84 Å². The zero-order valence-electron chi connectivity index (χ0n) is 8.69. The van der Waals surface area contributed by atoms with Gasteiger partial charge in [-0.1, -0.05) is 0 Å². The van der Waals surface area contributed by atoms with E-state index < -0.39 is 12.1 Å². The Balaban J connectivity index is 3.98. The van der Waals surface area contributed by atoms with E-state index in [0.717, 1.165) is 0 Å². The van der Waals surface area contributed by atoms with Gasteiger partial charge >= 0.3 is 12.1 Å². The van der Waals surface area contributed by atoms with Gasteiger partial charge in [0.05, 0.1) is 7.11 Å². The Kier molecular flexibility index (Phi) is 5.62. The molecule has 0 bridgehead atoms. The molecule has 0 spiro atoms. The molecule has 0 aliphatic heterocycles. The Morgan fingerprint density at radius 2 is 1.93 bits per heavy atom. The van der Waals surface area contributed by atoms with Gasteiger partial charge in [-0.15, -0.1) is 0 Å². The van der Waals surface area contributed by atoms with E-state index in [2.05, 4.69) is 4.74 Å². The van der Waals surface area contributed by atoms with E-state index >= 15 is 0 Å². The van der Waals surface area contributed by atoms with Crippen molar-refractivity contribution < 1.29 is 19.4 Å². The number of hydrazine groups is 1. The molecule has 0 aromatic carbocycles. The zero-order chi connectivity index (χ0) is 11.1. The lowest BCUT2D eigenvalue weighted by Crippen LogP contribution is -2.42. The predicted octanol–water partition coefficient (Wildman–Crippen LogP) is 0.396. The molecule has 0 aromatic heterocycles. The third-order valence-electron chi connectivity index (χ3n) is 1.63. The summed E-state index contributed by atoms with van der Waals surface area (Å²) in [5.74, 6) is -0.867. The highest BCUT2D eigenvalue weighted by Crippen LogP contribution is 2.00. The van der Waals surface area contributed by atoms with Crippen LogP contribution in [0.15, 0.2) is 0 Å². The van der Waals surface area contributed by atoms with Gasteiger partial charge in [0.25, 0.3) is 0 Å². The summed E-state index contributed by atoms with van der Waals surface area (Å²) in [6.07, 6.45) is -0.0374. The van der Waals surface area contributed by atoms with Crippen LogP contribution in [0.4, 0.5) is 4.79 Å². The third kappa shape index (κ3) is 4.66. The number of methoxy groups -OCH3 is 1. The molecule has 82 valence electrons. The van der Waals surface area contributed by atoms with Gasteiger partial charge in [-0.2, -0.15) is 0 Å². The molecule has 0 radical (unpaired) electrons. The lowest BCUT2D eigenvalue weighted by molar-refractivity contribution is -0.137. The van der Waals surface area contributed by atoms with Gasteiger partial charge in [-0.25, -0.2) is 14.8 Å². The number of amides is 1. The smallest absolute Gasteiger partial charge is 0.424 e. The summed E-state index contributed by atoms with van der Waals surface area (Å²) in [5, 5.41) is 11.3. The predicted molar refractivity (Wildman–Crippen MR) is 49.7 cm³/mol. The molecule has 0 rings (SSSR count). The second kappa shape index (κ2) is 6.20. The quantitative estimate of drug-likeness (QED) is 0.656. The first-order valence-electron chi connectivity index (χ1n) is 4.23. The Labute approximate surface area is 83.0 Å². The Morgan fingerprint density at radius 1 is 1.36 bits per heavy atom. The van der Waals surface area contributed by atoms with Crippen molar-refractivity contribution in [2.45, 2.75) is 12.8 Å². The number of carbonyl (C=O) groups excluding carboxylic acids is 1. The summed E-state index contributed by atoms with van der Waals surface area (Å²) in [7, 11) is 4.67. The SMILES string of the molecule is COC(=O)N(CCCC(=O)O)N(C)C. The molecule has 0 saturated heterocycles. The van der Waals surface area contributed by atoms with E-state index in [1.54, 1.807) is 19.1 Å². The van der Waals surface area contributed by atoms with Crippen LogP contribution in [0.25, 0.3) is 0 Å².